The molecule has 0 fully saturated rings. The van der Waals surface area contributed by atoms with Gasteiger partial charge < -0.3 is 14.8 Å². The van der Waals surface area contributed by atoms with Crippen molar-refractivity contribution in [3.63, 3.8) is 0 Å². The van der Waals surface area contributed by atoms with E-state index in [9.17, 15) is 0 Å². The molecule has 0 unspecified atom stereocenters. The summed E-state index contributed by atoms with van der Waals surface area (Å²) in [5.74, 6) is 1.53. The molecule has 3 nitrogen and oxygen atoms in total. The van der Waals surface area contributed by atoms with Crippen molar-refractivity contribution in [3.8, 4) is 5.75 Å². The van der Waals surface area contributed by atoms with Gasteiger partial charge in [0.2, 0.25) is 0 Å². The first-order chi connectivity index (χ1) is 8.74. The highest BCUT2D eigenvalue weighted by Crippen LogP contribution is 2.18. The zero-order valence-corrected chi connectivity index (χ0v) is 11.7. The van der Waals surface area contributed by atoms with Crippen LogP contribution in [0.4, 0.5) is 0 Å². The third-order valence-corrected chi connectivity index (χ3v) is 2.80. The van der Waals surface area contributed by atoms with E-state index in [4.69, 9.17) is 9.47 Å². The minimum absolute atomic E-state index is 0.573. The molecule has 0 aromatic heterocycles. The molecule has 0 aliphatic heterocycles. The van der Waals surface area contributed by atoms with Crippen molar-refractivity contribution in [1.82, 2.24) is 5.32 Å². The summed E-state index contributed by atoms with van der Waals surface area (Å²) in [5, 5.41) is 3.29. The van der Waals surface area contributed by atoms with Gasteiger partial charge in [-0.05, 0) is 36.6 Å². The normalized spacial score (nSPS) is 10.9. The molecular formula is C15H25NO2. The Bertz CT molecular complexity index is 309. The fourth-order valence-electron chi connectivity index (χ4n) is 1.64. The second-order valence-corrected chi connectivity index (χ2v) is 4.67. The molecule has 0 bridgehead atoms. The van der Waals surface area contributed by atoms with E-state index in [2.05, 4.69) is 31.3 Å². The largest absolute Gasteiger partial charge is 0.494 e. The molecule has 0 aliphatic carbocycles. The van der Waals surface area contributed by atoms with Gasteiger partial charge in [0.25, 0.3) is 0 Å². The van der Waals surface area contributed by atoms with Gasteiger partial charge in [0, 0.05) is 13.7 Å². The summed E-state index contributed by atoms with van der Waals surface area (Å²) in [6, 6.07) is 8.37. The van der Waals surface area contributed by atoms with Crippen LogP contribution in [0.1, 0.15) is 31.7 Å². The van der Waals surface area contributed by atoms with Crippen molar-refractivity contribution in [3.05, 3.63) is 29.8 Å². The number of nitrogens with one attached hydrogen (secondary N) is 1. The smallest absolute Gasteiger partial charge is 0.119 e. The van der Waals surface area contributed by atoms with E-state index in [0.717, 1.165) is 38.5 Å². The highest BCUT2D eigenvalue weighted by atomic mass is 16.5. The first-order valence-corrected chi connectivity index (χ1v) is 6.66. The van der Waals surface area contributed by atoms with Crippen LogP contribution >= 0.6 is 0 Å². The molecule has 1 rings (SSSR count). The van der Waals surface area contributed by atoms with Crippen molar-refractivity contribution < 1.29 is 9.47 Å². The maximum Gasteiger partial charge on any atom is 0.119 e. The maximum absolute atomic E-state index is 5.68. The molecule has 102 valence electrons. The van der Waals surface area contributed by atoms with E-state index in [1.54, 1.807) is 7.11 Å². The van der Waals surface area contributed by atoms with Crippen LogP contribution in [-0.2, 0) is 4.74 Å². The Morgan fingerprint density at radius 1 is 1.06 bits per heavy atom. The minimum atomic E-state index is 0.573. The Kier molecular flexibility index (Phi) is 7.46. The van der Waals surface area contributed by atoms with E-state index in [0.29, 0.717) is 5.92 Å². The van der Waals surface area contributed by atoms with Crippen molar-refractivity contribution in [2.75, 3.05) is 33.4 Å². The lowest BCUT2D eigenvalue weighted by molar-refractivity contribution is 0.198. The van der Waals surface area contributed by atoms with Crippen LogP contribution in [0.25, 0.3) is 0 Å². The van der Waals surface area contributed by atoms with Crippen LogP contribution in [0.2, 0.25) is 0 Å². The summed E-state index contributed by atoms with van der Waals surface area (Å²) in [6.07, 6.45) is 1.01. The highest BCUT2D eigenvalue weighted by molar-refractivity contribution is 5.28. The second kappa shape index (κ2) is 8.95. The van der Waals surface area contributed by atoms with Gasteiger partial charge >= 0.3 is 0 Å². The van der Waals surface area contributed by atoms with Gasteiger partial charge in [-0.25, -0.2) is 0 Å². The van der Waals surface area contributed by atoms with E-state index < -0.39 is 0 Å². The van der Waals surface area contributed by atoms with E-state index >= 15 is 0 Å². The summed E-state index contributed by atoms with van der Waals surface area (Å²) in [4.78, 5) is 0. The SMILES string of the molecule is COCCNCCCOc1ccc(C(C)C)cc1. The number of hydrogen-bond acceptors (Lipinski definition) is 3. The molecule has 0 heterocycles. The average molecular weight is 251 g/mol. The predicted molar refractivity (Wildman–Crippen MR) is 75.4 cm³/mol. The average Bonchev–Trinajstić information content (AvgIpc) is 2.38. The fourth-order valence-corrected chi connectivity index (χ4v) is 1.64. The van der Waals surface area contributed by atoms with Gasteiger partial charge in [0.1, 0.15) is 5.75 Å². The number of hydrogen-bond donors (Lipinski definition) is 1. The molecule has 0 aliphatic rings. The van der Waals surface area contributed by atoms with E-state index in [1.165, 1.54) is 5.56 Å². The lowest BCUT2D eigenvalue weighted by atomic mass is 10.0. The molecule has 0 amide bonds. The summed E-state index contributed by atoms with van der Waals surface area (Å²) < 4.78 is 10.6. The topological polar surface area (TPSA) is 30.5 Å². The molecule has 1 aromatic rings. The first kappa shape index (κ1) is 15.0. The number of benzene rings is 1. The standard InChI is InChI=1S/C15H25NO2/c1-13(2)14-5-7-15(8-6-14)18-11-4-9-16-10-12-17-3/h5-8,13,16H,4,9-12H2,1-3H3. The van der Waals surface area contributed by atoms with Gasteiger partial charge in [-0.3, -0.25) is 0 Å². The molecule has 0 atom stereocenters. The van der Waals surface area contributed by atoms with Crippen LogP contribution in [0.3, 0.4) is 0 Å². The Morgan fingerprint density at radius 2 is 1.78 bits per heavy atom. The molecule has 1 N–H and O–H groups in total. The summed E-state index contributed by atoms with van der Waals surface area (Å²) in [6.45, 7) is 7.77. The molecule has 0 saturated carbocycles. The van der Waals surface area contributed by atoms with Gasteiger partial charge in [-0.2, -0.15) is 0 Å². The predicted octanol–water partition coefficient (Wildman–Crippen LogP) is 2.81. The lowest BCUT2D eigenvalue weighted by Gasteiger charge is -2.09. The zero-order valence-electron chi connectivity index (χ0n) is 11.7. The van der Waals surface area contributed by atoms with Crippen LogP contribution < -0.4 is 10.1 Å². The molecule has 1 aromatic carbocycles. The molecule has 3 heteroatoms. The quantitative estimate of drug-likeness (QED) is 0.685. The summed E-state index contributed by atoms with van der Waals surface area (Å²) in [7, 11) is 1.71. The highest BCUT2D eigenvalue weighted by Gasteiger charge is 1.99. The molecule has 0 radical (unpaired) electrons. The molecular weight excluding hydrogens is 226 g/mol. The third kappa shape index (κ3) is 6.03. The summed E-state index contributed by atoms with van der Waals surface area (Å²) in [5.41, 5.74) is 1.35. The Labute approximate surface area is 110 Å². The first-order valence-electron chi connectivity index (χ1n) is 6.66. The second-order valence-electron chi connectivity index (χ2n) is 4.67. The van der Waals surface area contributed by atoms with Crippen LogP contribution in [0.5, 0.6) is 5.75 Å². The van der Waals surface area contributed by atoms with Crippen molar-refractivity contribution in [1.29, 1.82) is 0 Å². The Balaban J connectivity index is 2.12. The van der Waals surface area contributed by atoms with E-state index in [-0.39, 0.29) is 0 Å². The van der Waals surface area contributed by atoms with Crippen molar-refractivity contribution in [2.45, 2.75) is 26.2 Å². The van der Waals surface area contributed by atoms with Crippen molar-refractivity contribution >= 4 is 0 Å². The minimum Gasteiger partial charge on any atom is -0.494 e. The number of rotatable bonds is 9. The van der Waals surface area contributed by atoms with Gasteiger partial charge in [-0.1, -0.05) is 26.0 Å². The van der Waals surface area contributed by atoms with E-state index in [1.807, 2.05) is 12.1 Å². The molecule has 18 heavy (non-hydrogen) atoms. The van der Waals surface area contributed by atoms with Crippen LogP contribution in [0, 0.1) is 0 Å². The summed E-state index contributed by atoms with van der Waals surface area (Å²) >= 11 is 0. The Morgan fingerprint density at radius 3 is 2.39 bits per heavy atom. The Hall–Kier alpha value is -1.06. The van der Waals surface area contributed by atoms with Crippen LogP contribution in [0.15, 0.2) is 24.3 Å². The zero-order chi connectivity index (χ0) is 13.2. The van der Waals surface area contributed by atoms with Crippen molar-refractivity contribution in [2.24, 2.45) is 0 Å². The monoisotopic (exact) mass is 251 g/mol. The van der Waals surface area contributed by atoms with Gasteiger partial charge in [-0.15, -0.1) is 0 Å². The molecule has 0 saturated heterocycles. The van der Waals surface area contributed by atoms with Gasteiger partial charge in [0.15, 0.2) is 0 Å². The third-order valence-electron chi connectivity index (χ3n) is 2.80. The van der Waals surface area contributed by atoms with Crippen LogP contribution in [-0.4, -0.2) is 33.4 Å². The number of ether oxygens (including phenoxy) is 2. The lowest BCUT2D eigenvalue weighted by Crippen LogP contribution is -2.21. The van der Waals surface area contributed by atoms with Gasteiger partial charge in [0.05, 0.1) is 13.2 Å². The number of methoxy groups -OCH3 is 1. The maximum atomic E-state index is 5.68. The fraction of sp³-hybridized carbons (Fsp3) is 0.600. The molecule has 0 spiro atoms.